The lowest BCUT2D eigenvalue weighted by Gasteiger charge is -2.24. The Kier molecular flexibility index (Phi) is 6.08. The molecular weight excluding hydrogens is 605 g/mol. The van der Waals surface area contributed by atoms with Crippen molar-refractivity contribution < 1.29 is 0 Å². The zero-order valence-electron chi connectivity index (χ0n) is 25.8. The van der Waals surface area contributed by atoms with Crippen LogP contribution in [0.1, 0.15) is 22.9 Å². The number of nitrogens with one attached hydrogen (secondary N) is 1. The van der Waals surface area contributed by atoms with Crippen LogP contribution in [-0.4, -0.2) is 16.2 Å². The van der Waals surface area contributed by atoms with E-state index in [0.717, 1.165) is 39.4 Å². The minimum absolute atomic E-state index is 0.432. The van der Waals surface area contributed by atoms with Gasteiger partial charge in [-0.2, -0.15) is 0 Å². The van der Waals surface area contributed by atoms with Crippen LogP contribution in [0.15, 0.2) is 168 Å². The second-order valence-corrected chi connectivity index (χ2v) is 13.2. The van der Waals surface area contributed by atoms with Crippen molar-refractivity contribution in [1.82, 2.24) is 9.88 Å². The van der Waals surface area contributed by atoms with Gasteiger partial charge in [-0.3, -0.25) is 0 Å². The SMILES string of the molecule is c1ccc(C2=NC(c3cccc4c(-n5c6ccccc6c6ccccc65)cccc34)N=C(c3cccc4c3sc3ccccc34)N2)cc1. The molecule has 0 aliphatic carbocycles. The molecule has 0 bridgehead atoms. The summed E-state index contributed by atoms with van der Waals surface area (Å²) in [7, 11) is 0. The second kappa shape index (κ2) is 10.8. The predicted octanol–water partition coefficient (Wildman–Crippen LogP) is 10.8. The molecule has 9 aromatic rings. The van der Waals surface area contributed by atoms with Crippen LogP contribution in [0.4, 0.5) is 0 Å². The highest BCUT2D eigenvalue weighted by Gasteiger charge is 2.24. The van der Waals surface area contributed by atoms with Gasteiger partial charge in [0.05, 0.1) is 16.7 Å². The van der Waals surface area contributed by atoms with Crippen molar-refractivity contribution in [2.75, 3.05) is 0 Å². The van der Waals surface area contributed by atoms with Crippen molar-refractivity contribution in [1.29, 1.82) is 0 Å². The average molecular weight is 633 g/mol. The zero-order valence-corrected chi connectivity index (χ0v) is 26.7. The zero-order chi connectivity index (χ0) is 31.6. The standard InChI is InChI=1S/C43H28N4S/c1-2-13-27(14-3-1)41-44-42(46-43(45-41)35-22-11-20-33-32-17-6-9-26-39(32)48-40(33)35)34-21-10-19-29-28(34)18-12-25-38(29)47-36-23-7-4-15-30(36)31-16-5-8-24-37(31)47/h1-26,42H,(H,44,45,46). The van der Waals surface area contributed by atoms with E-state index in [1.807, 2.05) is 17.4 Å². The van der Waals surface area contributed by atoms with Crippen LogP contribution in [-0.2, 0) is 0 Å². The smallest absolute Gasteiger partial charge is 0.170 e. The molecule has 0 saturated heterocycles. The van der Waals surface area contributed by atoms with E-state index >= 15 is 0 Å². The summed E-state index contributed by atoms with van der Waals surface area (Å²) in [4.78, 5) is 10.7. The van der Waals surface area contributed by atoms with Gasteiger partial charge in [-0.25, -0.2) is 9.98 Å². The number of hydrogen-bond donors (Lipinski definition) is 1. The number of amidine groups is 2. The lowest BCUT2D eigenvalue weighted by Crippen LogP contribution is -2.36. The number of rotatable bonds is 4. The Hall–Kier alpha value is -6.04. The largest absolute Gasteiger partial charge is 0.324 e. The van der Waals surface area contributed by atoms with Gasteiger partial charge >= 0.3 is 0 Å². The highest BCUT2D eigenvalue weighted by atomic mass is 32.1. The van der Waals surface area contributed by atoms with E-state index in [1.165, 1.54) is 47.4 Å². The van der Waals surface area contributed by atoms with Crippen LogP contribution in [0.3, 0.4) is 0 Å². The molecule has 7 aromatic carbocycles. The third-order valence-electron chi connectivity index (χ3n) is 9.48. The van der Waals surface area contributed by atoms with Crippen LogP contribution >= 0.6 is 11.3 Å². The first-order chi connectivity index (χ1) is 23.8. The van der Waals surface area contributed by atoms with Crippen LogP contribution in [0, 0.1) is 0 Å². The summed E-state index contributed by atoms with van der Waals surface area (Å²) >= 11 is 1.82. The van der Waals surface area contributed by atoms with Crippen molar-refractivity contribution in [2.45, 2.75) is 6.17 Å². The van der Waals surface area contributed by atoms with Crippen LogP contribution in [0.5, 0.6) is 0 Å². The minimum atomic E-state index is -0.432. The fourth-order valence-corrected chi connectivity index (χ4v) is 8.54. The van der Waals surface area contributed by atoms with E-state index in [2.05, 4.69) is 162 Å². The quantitative estimate of drug-likeness (QED) is 0.206. The number of benzene rings is 7. The first-order valence-electron chi connectivity index (χ1n) is 16.2. The molecule has 226 valence electrons. The third-order valence-corrected chi connectivity index (χ3v) is 10.7. The monoisotopic (exact) mass is 632 g/mol. The van der Waals surface area contributed by atoms with Gasteiger partial charge in [0.15, 0.2) is 6.17 Å². The molecule has 48 heavy (non-hydrogen) atoms. The molecule has 1 aliphatic rings. The van der Waals surface area contributed by atoms with Gasteiger partial charge in [-0.05, 0) is 35.7 Å². The van der Waals surface area contributed by atoms with E-state index in [1.54, 1.807) is 0 Å². The average Bonchev–Trinajstić information content (AvgIpc) is 3.70. The van der Waals surface area contributed by atoms with Gasteiger partial charge in [0.25, 0.3) is 0 Å². The van der Waals surface area contributed by atoms with Gasteiger partial charge in [0.2, 0.25) is 0 Å². The van der Waals surface area contributed by atoms with Crippen molar-refractivity contribution in [2.24, 2.45) is 9.98 Å². The normalized spacial score (nSPS) is 14.9. The molecule has 1 atom stereocenters. The Morgan fingerprint density at radius 3 is 1.90 bits per heavy atom. The molecule has 1 N–H and O–H groups in total. The molecule has 0 radical (unpaired) electrons. The van der Waals surface area contributed by atoms with Crippen LogP contribution in [0.25, 0.3) is 58.4 Å². The Bertz CT molecular complexity index is 2720. The summed E-state index contributed by atoms with van der Waals surface area (Å²) < 4.78 is 4.90. The maximum Gasteiger partial charge on any atom is 0.170 e. The van der Waals surface area contributed by atoms with Gasteiger partial charge in [-0.15, -0.1) is 11.3 Å². The highest BCUT2D eigenvalue weighted by Crippen LogP contribution is 2.39. The number of fused-ring (bicyclic) bond motifs is 7. The Balaban J connectivity index is 1.20. The van der Waals surface area contributed by atoms with Crippen molar-refractivity contribution in [3.8, 4) is 5.69 Å². The molecule has 1 aliphatic heterocycles. The highest BCUT2D eigenvalue weighted by molar-refractivity contribution is 7.26. The van der Waals surface area contributed by atoms with Gasteiger partial charge < -0.3 is 9.88 Å². The molecule has 0 fully saturated rings. The van der Waals surface area contributed by atoms with E-state index < -0.39 is 6.17 Å². The lowest BCUT2D eigenvalue weighted by atomic mass is 10.00. The maximum atomic E-state index is 5.38. The minimum Gasteiger partial charge on any atom is -0.324 e. The van der Waals surface area contributed by atoms with Crippen molar-refractivity contribution >= 4 is 75.8 Å². The van der Waals surface area contributed by atoms with E-state index in [0.29, 0.717) is 0 Å². The predicted molar refractivity (Wildman–Crippen MR) is 203 cm³/mol. The summed E-state index contributed by atoms with van der Waals surface area (Å²) in [6, 6.07) is 56.0. The number of aromatic nitrogens is 1. The number of thiophene rings is 1. The second-order valence-electron chi connectivity index (χ2n) is 12.2. The van der Waals surface area contributed by atoms with Gasteiger partial charge in [0, 0.05) is 53.0 Å². The molecule has 0 saturated carbocycles. The first kappa shape index (κ1) is 27.1. The van der Waals surface area contributed by atoms with Crippen LogP contribution in [0.2, 0.25) is 0 Å². The Morgan fingerprint density at radius 2 is 1.08 bits per heavy atom. The van der Waals surface area contributed by atoms with Crippen molar-refractivity contribution in [3.05, 3.63) is 174 Å². The molecule has 1 unspecified atom stereocenters. The van der Waals surface area contributed by atoms with Gasteiger partial charge in [0.1, 0.15) is 11.7 Å². The molecule has 5 heteroatoms. The fraction of sp³-hybridized carbons (Fsp3) is 0.0233. The van der Waals surface area contributed by atoms with Crippen molar-refractivity contribution in [3.63, 3.8) is 0 Å². The Morgan fingerprint density at radius 1 is 0.479 bits per heavy atom. The molecule has 0 amide bonds. The molecule has 3 heterocycles. The molecule has 0 spiro atoms. The third kappa shape index (κ3) is 4.15. The molecule has 4 nitrogen and oxygen atoms in total. The number of nitrogens with zero attached hydrogens (tertiary/aromatic N) is 3. The van der Waals surface area contributed by atoms with E-state index in [9.17, 15) is 0 Å². The number of hydrogen-bond acceptors (Lipinski definition) is 4. The topological polar surface area (TPSA) is 41.7 Å². The molecule has 10 rings (SSSR count). The fourth-order valence-electron chi connectivity index (χ4n) is 7.32. The lowest BCUT2D eigenvalue weighted by molar-refractivity contribution is 0.762. The molecular formula is C43H28N4S. The van der Waals surface area contributed by atoms with Gasteiger partial charge in [-0.1, -0.05) is 127 Å². The summed E-state index contributed by atoms with van der Waals surface area (Å²) in [6.07, 6.45) is -0.432. The first-order valence-corrected chi connectivity index (χ1v) is 17.0. The van der Waals surface area contributed by atoms with Crippen LogP contribution < -0.4 is 5.32 Å². The summed E-state index contributed by atoms with van der Waals surface area (Å²) in [5.41, 5.74) is 6.73. The number of para-hydroxylation sites is 2. The maximum absolute atomic E-state index is 5.38. The summed E-state index contributed by atoms with van der Waals surface area (Å²) in [5, 5.41) is 11.0. The number of aliphatic imine (C=N–C) groups is 2. The summed E-state index contributed by atoms with van der Waals surface area (Å²) in [5.74, 6) is 1.65. The van der Waals surface area contributed by atoms with E-state index in [-0.39, 0.29) is 0 Å². The summed E-state index contributed by atoms with van der Waals surface area (Å²) in [6.45, 7) is 0. The van der Waals surface area contributed by atoms with E-state index in [4.69, 9.17) is 9.98 Å². The molecule has 2 aromatic heterocycles. The Labute approximate surface area is 281 Å².